The summed E-state index contributed by atoms with van der Waals surface area (Å²) >= 11 is 0. The van der Waals surface area contributed by atoms with Gasteiger partial charge in [-0.15, -0.1) is 5.10 Å². The predicted molar refractivity (Wildman–Crippen MR) is 116 cm³/mol. The molecule has 3 N–H and O–H groups in total. The normalized spacial score (nSPS) is 16.1. The number of aromatic amines is 1. The van der Waals surface area contributed by atoms with Crippen molar-refractivity contribution in [1.29, 1.82) is 0 Å². The van der Waals surface area contributed by atoms with Crippen LogP contribution in [-0.2, 0) is 4.79 Å². The van der Waals surface area contributed by atoms with Crippen molar-refractivity contribution < 1.29 is 27.9 Å². The summed E-state index contributed by atoms with van der Waals surface area (Å²) < 4.78 is 33.5. The van der Waals surface area contributed by atoms with E-state index in [4.69, 9.17) is 9.90 Å². The Morgan fingerprint density at radius 1 is 1.18 bits per heavy atom. The fourth-order valence-corrected chi connectivity index (χ4v) is 3.53. The molecule has 1 amide bonds. The number of aryl methyl sites for hydroxylation is 2. The first-order chi connectivity index (χ1) is 15.9. The number of alkyl halides is 3. The molecule has 4 rings (SSSR count). The van der Waals surface area contributed by atoms with Crippen molar-refractivity contribution in [3.05, 3.63) is 47.3 Å². The number of likely N-dealkylation sites (tertiary alicyclic amines) is 1. The van der Waals surface area contributed by atoms with Crippen LogP contribution in [0.15, 0.2) is 30.5 Å². The molecule has 0 radical (unpaired) electrons. The number of benzene rings is 1. The van der Waals surface area contributed by atoms with Gasteiger partial charge in [0.05, 0.1) is 17.9 Å². The van der Waals surface area contributed by atoms with Crippen LogP contribution >= 0.6 is 0 Å². The van der Waals surface area contributed by atoms with Crippen molar-refractivity contribution >= 4 is 17.7 Å². The zero-order chi connectivity index (χ0) is 25.0. The van der Waals surface area contributed by atoms with Crippen molar-refractivity contribution in [2.45, 2.75) is 32.5 Å². The van der Waals surface area contributed by atoms with Crippen LogP contribution in [0, 0.1) is 13.8 Å². The molecular formula is C21H24F3N7O3. The van der Waals surface area contributed by atoms with Crippen LogP contribution < -0.4 is 5.32 Å². The van der Waals surface area contributed by atoms with Crippen LogP contribution in [0.1, 0.15) is 34.1 Å². The van der Waals surface area contributed by atoms with Crippen LogP contribution in [0.4, 0.5) is 19.0 Å². The van der Waals surface area contributed by atoms with E-state index in [2.05, 4.69) is 69.8 Å². The number of nitrogens with zero attached hydrogens (tertiary/aromatic N) is 5. The van der Waals surface area contributed by atoms with Gasteiger partial charge >= 0.3 is 12.1 Å². The number of amides is 1. The Balaban J connectivity index is 0.000000406. The number of nitrogens with one attached hydrogen (secondary N) is 2. The number of carboxylic acid groups (broad SMARTS) is 1. The number of rotatable bonds is 4. The van der Waals surface area contributed by atoms with E-state index < -0.39 is 12.1 Å². The fraction of sp³-hybridized carbons (Fsp3) is 0.381. The molecule has 1 saturated heterocycles. The molecule has 1 atom stereocenters. The van der Waals surface area contributed by atoms with Gasteiger partial charge in [0.2, 0.25) is 0 Å². The van der Waals surface area contributed by atoms with Gasteiger partial charge in [-0.2, -0.15) is 18.3 Å². The minimum Gasteiger partial charge on any atom is -0.475 e. The summed E-state index contributed by atoms with van der Waals surface area (Å²) in [6.07, 6.45) is -2.36. The van der Waals surface area contributed by atoms with E-state index in [9.17, 15) is 18.0 Å². The number of aliphatic carboxylic acids is 1. The quantitative estimate of drug-likeness (QED) is 0.525. The number of carbonyl (C=O) groups excluding carboxylic acids is 1. The van der Waals surface area contributed by atoms with E-state index in [0.29, 0.717) is 11.5 Å². The summed E-state index contributed by atoms with van der Waals surface area (Å²) in [4.78, 5) is 23.6. The van der Waals surface area contributed by atoms with Crippen LogP contribution in [-0.4, -0.2) is 73.4 Å². The third-order valence-corrected chi connectivity index (χ3v) is 5.08. The van der Waals surface area contributed by atoms with E-state index in [0.717, 1.165) is 30.8 Å². The number of hydrogen-bond acceptors (Lipinski definition) is 6. The van der Waals surface area contributed by atoms with Crippen molar-refractivity contribution in [3.8, 4) is 11.3 Å². The average Bonchev–Trinajstić information content (AvgIpc) is 3.47. The zero-order valence-corrected chi connectivity index (χ0v) is 18.7. The van der Waals surface area contributed by atoms with Gasteiger partial charge in [-0.3, -0.25) is 9.89 Å². The van der Waals surface area contributed by atoms with Gasteiger partial charge in [0, 0.05) is 18.2 Å². The number of anilines is 1. The Bertz CT molecular complexity index is 1150. The number of carbonyl (C=O) groups is 2. The monoisotopic (exact) mass is 479 g/mol. The van der Waals surface area contributed by atoms with Crippen molar-refractivity contribution in [3.63, 3.8) is 0 Å². The highest BCUT2D eigenvalue weighted by Crippen LogP contribution is 2.23. The van der Waals surface area contributed by atoms with Crippen molar-refractivity contribution in [2.24, 2.45) is 0 Å². The first kappa shape index (κ1) is 24.9. The van der Waals surface area contributed by atoms with Crippen LogP contribution in [0.25, 0.3) is 11.3 Å². The molecule has 1 aliphatic rings. The van der Waals surface area contributed by atoms with Crippen molar-refractivity contribution in [1.82, 2.24) is 30.1 Å². The average molecular weight is 479 g/mol. The Kier molecular flexibility index (Phi) is 7.35. The molecule has 1 aliphatic heterocycles. The van der Waals surface area contributed by atoms with Crippen LogP contribution in [0.2, 0.25) is 0 Å². The van der Waals surface area contributed by atoms with Crippen molar-refractivity contribution in [2.75, 3.05) is 25.5 Å². The molecule has 0 aliphatic carbocycles. The third-order valence-electron chi connectivity index (χ3n) is 5.08. The standard InChI is InChI=1S/C19H23N7O.C2HF3O2/c1-12-6-13(2)8-14(7-12)16-9-18(23-21-16)20-19(27)17-11-26(24-22-17)15-4-5-25(3)10-15;3-2(4,5)1(6)7/h6-9,11,15H,4-5,10H2,1-3H3,(H2,20,21,23,27);(H,6,7). The van der Waals surface area contributed by atoms with Gasteiger partial charge in [-0.05, 0) is 46.0 Å². The second kappa shape index (κ2) is 10.0. The predicted octanol–water partition coefficient (Wildman–Crippen LogP) is 3.05. The molecule has 0 saturated carbocycles. The Hall–Kier alpha value is -3.74. The smallest absolute Gasteiger partial charge is 0.475 e. The molecule has 2 aromatic heterocycles. The van der Waals surface area contributed by atoms with Gasteiger partial charge in [0.25, 0.3) is 5.91 Å². The second-order valence-electron chi connectivity index (χ2n) is 8.09. The highest BCUT2D eigenvalue weighted by Gasteiger charge is 2.38. The van der Waals surface area contributed by atoms with Crippen LogP contribution in [0.3, 0.4) is 0 Å². The maximum absolute atomic E-state index is 12.5. The molecule has 13 heteroatoms. The molecule has 10 nitrogen and oxygen atoms in total. The molecule has 0 bridgehead atoms. The lowest BCUT2D eigenvalue weighted by molar-refractivity contribution is -0.192. The zero-order valence-electron chi connectivity index (χ0n) is 18.7. The van der Waals surface area contributed by atoms with E-state index in [1.54, 1.807) is 10.9 Å². The Morgan fingerprint density at radius 2 is 1.82 bits per heavy atom. The summed E-state index contributed by atoms with van der Waals surface area (Å²) in [7, 11) is 2.08. The lowest BCUT2D eigenvalue weighted by atomic mass is 10.1. The minimum atomic E-state index is -5.08. The van der Waals surface area contributed by atoms with E-state index in [1.807, 2.05) is 6.07 Å². The van der Waals surface area contributed by atoms with Gasteiger partial charge in [-0.1, -0.05) is 22.4 Å². The highest BCUT2D eigenvalue weighted by atomic mass is 19.4. The molecular weight excluding hydrogens is 455 g/mol. The lowest BCUT2D eigenvalue weighted by Gasteiger charge is -2.09. The Morgan fingerprint density at radius 3 is 2.38 bits per heavy atom. The van der Waals surface area contributed by atoms with Gasteiger partial charge < -0.3 is 15.3 Å². The third kappa shape index (κ3) is 6.41. The van der Waals surface area contributed by atoms with Gasteiger partial charge in [0.1, 0.15) is 0 Å². The largest absolute Gasteiger partial charge is 0.490 e. The fourth-order valence-electron chi connectivity index (χ4n) is 3.53. The number of carboxylic acids is 1. The number of halogens is 3. The molecule has 3 aromatic rings. The van der Waals surface area contributed by atoms with Gasteiger partial charge in [-0.25, -0.2) is 9.48 Å². The first-order valence-corrected chi connectivity index (χ1v) is 10.3. The topological polar surface area (TPSA) is 129 Å². The summed E-state index contributed by atoms with van der Waals surface area (Å²) in [5.74, 6) is -2.61. The van der Waals surface area contributed by atoms with E-state index in [1.165, 1.54) is 11.1 Å². The minimum absolute atomic E-state index is 0.269. The first-order valence-electron chi connectivity index (χ1n) is 10.3. The SMILES string of the molecule is Cc1cc(C)cc(-c2cc(NC(=O)c3cn(C4CCN(C)C4)nn3)n[nH]2)c1.O=C(O)C(F)(F)F. The summed E-state index contributed by atoms with van der Waals surface area (Å²) in [6, 6.07) is 8.37. The second-order valence-corrected chi connectivity index (χ2v) is 8.09. The molecule has 0 spiro atoms. The van der Waals surface area contributed by atoms with E-state index in [-0.39, 0.29) is 11.9 Å². The lowest BCUT2D eigenvalue weighted by Crippen LogP contribution is -2.21. The number of aromatic nitrogens is 5. The maximum Gasteiger partial charge on any atom is 0.490 e. The number of likely N-dealkylation sites (N-methyl/N-ethyl adjacent to an activating group) is 1. The van der Waals surface area contributed by atoms with Crippen LogP contribution in [0.5, 0.6) is 0 Å². The number of hydrogen-bond donors (Lipinski definition) is 3. The molecule has 3 heterocycles. The maximum atomic E-state index is 12.5. The molecule has 34 heavy (non-hydrogen) atoms. The molecule has 1 fully saturated rings. The summed E-state index contributed by atoms with van der Waals surface area (Å²) in [5.41, 5.74) is 4.55. The highest BCUT2D eigenvalue weighted by molar-refractivity contribution is 6.02. The molecule has 1 aromatic carbocycles. The number of H-pyrrole nitrogens is 1. The molecule has 182 valence electrons. The van der Waals surface area contributed by atoms with Gasteiger partial charge in [0.15, 0.2) is 11.5 Å². The molecule has 1 unspecified atom stereocenters. The van der Waals surface area contributed by atoms with E-state index >= 15 is 0 Å². The summed E-state index contributed by atoms with van der Waals surface area (Å²) in [6.45, 7) is 6.06. The summed E-state index contributed by atoms with van der Waals surface area (Å²) in [5, 5.41) is 25.2. The Labute approximate surface area is 192 Å².